The topological polar surface area (TPSA) is 30.2 Å². The maximum atomic E-state index is 4.95. The summed E-state index contributed by atoms with van der Waals surface area (Å²) in [6, 6.07) is 16.8. The van der Waals surface area contributed by atoms with Gasteiger partial charge in [-0.25, -0.2) is 4.98 Å². The van der Waals surface area contributed by atoms with E-state index in [9.17, 15) is 0 Å². The molecule has 0 fully saturated rings. The average molecular weight is 2510 g/mol. The fourth-order valence-electron chi connectivity index (χ4n) is 3.86. The summed E-state index contributed by atoms with van der Waals surface area (Å²) in [7, 11) is 115. The summed E-state index contributed by atoms with van der Waals surface area (Å²) < 4.78 is 3.08. The van der Waals surface area contributed by atoms with E-state index < -0.39 is 0 Å². The van der Waals surface area contributed by atoms with Gasteiger partial charge in [0.15, 0.2) is 0 Å². The van der Waals surface area contributed by atoms with Crippen LogP contribution in [0.25, 0.3) is 27.8 Å². The van der Waals surface area contributed by atoms with Crippen molar-refractivity contribution < 1.29 is 0 Å². The molecule has 0 spiro atoms. The van der Waals surface area contributed by atoms with E-state index in [1.54, 1.807) is 107 Å². The molecule has 0 atom stereocenters. The van der Waals surface area contributed by atoms with Crippen molar-refractivity contribution in [1.29, 1.82) is 0 Å². The second kappa shape index (κ2) is 73.8. The van der Waals surface area contributed by atoms with Crippen molar-refractivity contribution in [3.05, 3.63) is 64.5 Å². The van der Waals surface area contributed by atoms with Crippen LogP contribution in [0, 0.1) is 6.92 Å². The zero-order valence-corrected chi connectivity index (χ0v) is 97.3. The van der Waals surface area contributed by atoms with Crippen LogP contribution in [-0.4, -0.2) is 14.4 Å². The molecule has 0 saturated carbocycles. The van der Waals surface area contributed by atoms with Gasteiger partial charge in [0.05, 0.1) is 16.9 Å². The molecule has 0 aliphatic heterocycles. The second-order valence-electron chi connectivity index (χ2n) is 11.8. The highest BCUT2D eigenvalue weighted by atomic mass is 79.9. The van der Waals surface area contributed by atoms with Crippen molar-refractivity contribution in [2.45, 2.75) is 33.1 Å². The predicted octanol–water partition coefficient (Wildman–Crippen LogP) is 5.76. The number of halogens is 1. The third-order valence-corrected chi connectivity index (χ3v) is 147. The van der Waals surface area contributed by atoms with Crippen molar-refractivity contribution in [2.24, 2.45) is 0 Å². The zero-order chi connectivity index (χ0) is 65.0. The molecule has 0 amide bonds. The molecule has 0 bridgehead atoms. The van der Waals surface area contributed by atoms with Gasteiger partial charge in [-0.1, -0.05) is 51.1 Å². The normalized spacial score (nSPS) is 9.02. The number of hydrogen-bond acceptors (Lipinski definition) is 4. The third kappa shape index (κ3) is 57.1. The molecule has 4 rings (SSSR count). The summed E-state index contributed by atoms with van der Waals surface area (Å²) in [5, 5.41) is 1.07. The Balaban J connectivity index is 0.000000703. The number of hydrogen-bond donors (Lipinski definition) is 0. The molecule has 4 aromatic rings. The van der Waals surface area contributed by atoms with Crippen LogP contribution in [-0.2, 0) is 596 Å². The van der Waals surface area contributed by atoms with Gasteiger partial charge in [0.2, 0.25) is 0 Å². The lowest BCUT2D eigenvalue weighted by atomic mass is 9.91. The summed E-state index contributed by atoms with van der Waals surface area (Å²) in [5.41, 5.74) is 6.38. The summed E-state index contributed by atoms with van der Waals surface area (Å²) in [4.78, 5) is 9.71. The molecule has 70 heteroatoms. The van der Waals surface area contributed by atoms with Gasteiger partial charge in [0, 0.05) is 607 Å². The Kier molecular flexibility index (Phi) is 79.1. The van der Waals surface area contributed by atoms with Crippen LogP contribution in [0.15, 0.2) is 53.1 Å². The lowest BCUT2D eigenvalue weighted by Gasteiger charge is -2.18. The molecule has 3 nitrogen and oxygen atoms in total. The molecule has 91 heavy (non-hydrogen) atoms. The molecular formula is C21H20BrN3S66. The number of imidazole rings is 1. The van der Waals surface area contributed by atoms with Gasteiger partial charge in [0.25, 0.3) is 0 Å². The van der Waals surface area contributed by atoms with Crippen molar-refractivity contribution in [3.63, 3.8) is 0 Å². The first-order valence-electron chi connectivity index (χ1n) is 19.2. The number of benzene rings is 1. The number of fused-ring (bicyclic) bond motifs is 3. The van der Waals surface area contributed by atoms with Crippen LogP contribution >= 0.6 is 15.9 Å². The van der Waals surface area contributed by atoms with E-state index in [0.717, 1.165) is 43.8 Å². The van der Waals surface area contributed by atoms with E-state index in [2.05, 4.69) is 90.5 Å². The summed E-state index contributed by atoms with van der Waals surface area (Å²) >= 11 is 13.2. The Hall–Kier alpha value is 12.3. The Bertz CT molecular complexity index is 6300. The lowest BCUT2D eigenvalue weighted by molar-refractivity contribution is 0.571. The van der Waals surface area contributed by atoms with Gasteiger partial charge in [-0.05, 0) is 46.6 Å². The minimum Gasteiger partial charge on any atom is -0.295 e. The summed E-state index contributed by atoms with van der Waals surface area (Å²) in [6.07, 6.45) is 0. The van der Waals surface area contributed by atoms with Crippen LogP contribution < -0.4 is 0 Å². The van der Waals surface area contributed by atoms with Gasteiger partial charge in [-0.15, -0.1) is 0 Å². The monoisotopic (exact) mass is 2500 g/mol. The van der Waals surface area contributed by atoms with E-state index in [1.807, 2.05) is 450 Å². The molecule has 0 N–H and O–H groups in total. The maximum absolute atomic E-state index is 4.95. The SMILES string of the molecule is Cc1c(Br)nc2c3ccc(C(C)(C)C)nc3cc(-c3ccccc3)n12.S=S=S=S=S=S=S=S=S=S=S=S=S=S=S=S=S=S=S=S=S=S=S=S=S=S=S=S=S=S=S=S=S=S=S=S=S=S=S=S=S=S=S=S=S=S=S=S=S=S=S=S=S=S=S=S=S=S=S=S=S=S=S=S=S=S. The minimum atomic E-state index is 0.0130. The van der Waals surface area contributed by atoms with Gasteiger partial charge >= 0.3 is 0 Å². The van der Waals surface area contributed by atoms with Crippen LogP contribution in [0.5, 0.6) is 0 Å². The van der Waals surface area contributed by atoms with Gasteiger partial charge in [0.1, 0.15) is 10.3 Å². The molecule has 0 radical (unpaired) electrons. The Morgan fingerprint density at radius 3 is 0.769 bits per heavy atom. The van der Waals surface area contributed by atoms with Crippen LogP contribution in [0.2, 0.25) is 0 Å². The minimum absolute atomic E-state index is 0.0130. The van der Waals surface area contributed by atoms with Crippen molar-refractivity contribution >= 4 is 623 Å². The van der Waals surface area contributed by atoms with Crippen LogP contribution in [0.4, 0.5) is 0 Å². The molecule has 0 unspecified atom stereocenters. The first-order chi connectivity index (χ1) is 44.8. The van der Waals surface area contributed by atoms with Gasteiger partial charge in [-0.2, -0.15) is 0 Å². The van der Waals surface area contributed by atoms with E-state index in [-0.39, 0.29) is 5.41 Å². The quantitative estimate of drug-likeness (QED) is 0.243. The third-order valence-electron chi connectivity index (χ3n) is 6.32. The fraction of sp³-hybridized carbons (Fsp3) is 0.238. The average Bonchev–Trinajstić information content (AvgIpc) is 1.68. The van der Waals surface area contributed by atoms with E-state index in [1.165, 1.54) is 17.8 Å². The zero-order valence-electron chi connectivity index (χ0n) is 41.8. The molecule has 522 valence electrons. The van der Waals surface area contributed by atoms with Crippen molar-refractivity contribution in [1.82, 2.24) is 14.4 Å². The molecule has 0 aliphatic carbocycles. The highest BCUT2D eigenvalue weighted by Crippen LogP contribution is 2.32. The van der Waals surface area contributed by atoms with Crippen LogP contribution in [0.1, 0.15) is 32.2 Å². The number of pyridine rings is 2. The van der Waals surface area contributed by atoms with Gasteiger partial charge < -0.3 is 0 Å². The smallest absolute Gasteiger partial charge is 0.148 e. The number of nitrogens with zero attached hydrogens (tertiary/aromatic N) is 3. The van der Waals surface area contributed by atoms with Crippen molar-refractivity contribution in [3.8, 4) is 11.3 Å². The molecule has 3 aromatic heterocycles. The standard InChI is InChI=1S/C21H20BrN3.S66/c1-13-19(22)24-20-15-10-11-18(21(2,3)4)23-16(15)12-17(25(13)20)14-8-6-5-7-9-14;1-3-5-7-9-11-13-15-17-19-21-23-25-27-29-31-33-35-37-39-41-43-45-47-49-51-53-55-57-59-61-63-65-66-64-62-60-58-56-54-52-50-48-46-44-42-40-38-36-34-32-30-28-26-24-22-20-18-16-14-12-10-8-6-4-2/h5-12H,1-4H3;. The van der Waals surface area contributed by atoms with Crippen LogP contribution in [0.3, 0.4) is 0 Å². The fourth-order valence-corrected chi connectivity index (χ4v) is 174. The summed E-state index contributed by atoms with van der Waals surface area (Å²) in [6.45, 7) is 8.65. The highest BCUT2D eigenvalue weighted by molar-refractivity contribution is 9.10. The maximum Gasteiger partial charge on any atom is 0.148 e. The van der Waals surface area contributed by atoms with E-state index in [0.29, 0.717) is 0 Å². The number of aryl methyl sites for hydroxylation is 1. The molecule has 0 saturated heterocycles. The Morgan fingerprint density at radius 2 is 0.549 bits per heavy atom. The Labute approximate surface area is 726 Å². The molecular weight excluding hydrogens is 2490 g/mol. The molecule has 1 aromatic carbocycles. The second-order valence-corrected chi connectivity index (χ2v) is 126. The van der Waals surface area contributed by atoms with E-state index in [4.69, 9.17) is 32.3 Å². The Morgan fingerprint density at radius 1 is 0.319 bits per heavy atom. The predicted molar refractivity (Wildman–Crippen MR) is 593 cm³/mol. The highest BCUT2D eigenvalue weighted by Gasteiger charge is 2.19. The summed E-state index contributed by atoms with van der Waals surface area (Å²) in [5.74, 6) is 0. The number of aromatic nitrogens is 3. The van der Waals surface area contributed by atoms with E-state index >= 15 is 0 Å². The van der Waals surface area contributed by atoms with Crippen molar-refractivity contribution in [2.75, 3.05) is 0 Å². The lowest BCUT2D eigenvalue weighted by Crippen LogP contribution is -2.13. The first kappa shape index (κ1) is 97.5. The van der Waals surface area contributed by atoms with Gasteiger partial charge in [-0.3, -0.25) is 9.38 Å². The first-order valence-corrected chi connectivity index (χ1v) is 107. The number of rotatable bonds is 1. The molecule has 0 aliphatic rings. The largest absolute Gasteiger partial charge is 0.295 e. The molecule has 3 heterocycles.